The van der Waals surface area contributed by atoms with Gasteiger partial charge in [-0.3, -0.25) is 4.79 Å². The molecule has 1 heterocycles. The van der Waals surface area contributed by atoms with E-state index in [9.17, 15) is 4.79 Å². The Bertz CT molecular complexity index is 791. The maximum Gasteiger partial charge on any atom is 0.264 e. The largest absolute Gasteiger partial charge is 0.300 e. The van der Waals surface area contributed by atoms with E-state index >= 15 is 0 Å². The number of benzene rings is 2. The van der Waals surface area contributed by atoms with E-state index in [1.807, 2.05) is 55.5 Å². The van der Waals surface area contributed by atoms with Gasteiger partial charge >= 0.3 is 0 Å². The van der Waals surface area contributed by atoms with E-state index in [1.165, 1.54) is 22.9 Å². The van der Waals surface area contributed by atoms with Crippen molar-refractivity contribution >= 4 is 34.6 Å². The highest BCUT2D eigenvalue weighted by atomic mass is 32.2. The van der Waals surface area contributed by atoms with E-state index in [1.54, 1.807) is 0 Å². The minimum atomic E-state index is -0.0942. The van der Waals surface area contributed by atoms with Crippen molar-refractivity contribution in [2.24, 2.45) is 4.99 Å². The van der Waals surface area contributed by atoms with Gasteiger partial charge in [0.1, 0.15) is 0 Å². The number of hydrogen-bond donors (Lipinski definition) is 1. The molecule has 0 unspecified atom stereocenters. The normalized spacial score (nSPS) is 17.7. The second kappa shape index (κ2) is 6.84. The van der Waals surface area contributed by atoms with Gasteiger partial charge in [0.15, 0.2) is 5.17 Å². The predicted molar refractivity (Wildman–Crippen MR) is 97.8 cm³/mol. The van der Waals surface area contributed by atoms with Gasteiger partial charge in [0, 0.05) is 0 Å². The number of aryl methyl sites for hydroxylation is 2. The summed E-state index contributed by atoms with van der Waals surface area (Å²) in [6.07, 6.45) is 2.81. The first-order valence-corrected chi connectivity index (χ1v) is 8.41. The molecule has 1 aliphatic rings. The fourth-order valence-corrected chi connectivity index (χ4v) is 3.16. The molecule has 1 amide bonds. The van der Waals surface area contributed by atoms with Crippen molar-refractivity contribution in [3.63, 3.8) is 0 Å². The van der Waals surface area contributed by atoms with Crippen LogP contribution in [0.15, 0.2) is 58.4 Å². The molecule has 0 radical (unpaired) electrons. The van der Waals surface area contributed by atoms with Crippen molar-refractivity contribution in [1.82, 2.24) is 5.32 Å². The molecule has 0 bridgehead atoms. The molecule has 0 saturated carbocycles. The maximum atomic E-state index is 12.1. The topological polar surface area (TPSA) is 41.5 Å². The number of para-hydroxylation sites is 1. The van der Waals surface area contributed by atoms with Gasteiger partial charge in [0.05, 0.1) is 10.6 Å². The number of amidine groups is 1. The van der Waals surface area contributed by atoms with Gasteiger partial charge in [-0.1, -0.05) is 55.0 Å². The molecular formula is C19H18N2OS. The lowest BCUT2D eigenvalue weighted by molar-refractivity contribution is -0.115. The van der Waals surface area contributed by atoms with Gasteiger partial charge in [-0.2, -0.15) is 0 Å². The molecule has 0 atom stereocenters. The smallest absolute Gasteiger partial charge is 0.264 e. The lowest BCUT2D eigenvalue weighted by Crippen LogP contribution is -2.19. The molecule has 0 aromatic heterocycles. The second-order valence-electron chi connectivity index (χ2n) is 5.37. The quantitative estimate of drug-likeness (QED) is 0.848. The fraction of sp³-hybridized carbons (Fsp3) is 0.158. The molecular weight excluding hydrogens is 304 g/mol. The van der Waals surface area contributed by atoms with Gasteiger partial charge in [-0.25, -0.2) is 4.99 Å². The maximum absolute atomic E-state index is 12.1. The van der Waals surface area contributed by atoms with Gasteiger partial charge in [-0.05, 0) is 48.4 Å². The number of nitrogens with one attached hydrogen (secondary N) is 1. The molecule has 4 heteroatoms. The Labute approximate surface area is 140 Å². The Hall–Kier alpha value is -2.33. The first kappa shape index (κ1) is 15.6. The van der Waals surface area contributed by atoms with E-state index < -0.39 is 0 Å². The number of amides is 1. The van der Waals surface area contributed by atoms with Crippen LogP contribution in [-0.4, -0.2) is 11.1 Å². The third-order valence-electron chi connectivity index (χ3n) is 3.62. The number of aliphatic imine (C=N–C) groups is 1. The highest BCUT2D eigenvalue weighted by molar-refractivity contribution is 8.18. The second-order valence-corrected chi connectivity index (χ2v) is 6.41. The van der Waals surface area contributed by atoms with Crippen LogP contribution in [0.3, 0.4) is 0 Å². The van der Waals surface area contributed by atoms with E-state index in [2.05, 4.69) is 23.3 Å². The molecule has 0 aliphatic carbocycles. The fourth-order valence-electron chi connectivity index (χ4n) is 2.32. The van der Waals surface area contributed by atoms with Crippen LogP contribution in [0.25, 0.3) is 6.08 Å². The SMILES string of the molecule is CCc1ccccc1N=C1NC(=O)C(=Cc2ccc(C)cc2)S1. The molecule has 116 valence electrons. The number of hydrogen-bond acceptors (Lipinski definition) is 3. The van der Waals surface area contributed by atoms with Gasteiger partial charge < -0.3 is 5.32 Å². The van der Waals surface area contributed by atoms with Crippen LogP contribution >= 0.6 is 11.8 Å². The van der Waals surface area contributed by atoms with Crippen molar-refractivity contribution in [3.05, 3.63) is 70.1 Å². The molecule has 3 rings (SSSR count). The van der Waals surface area contributed by atoms with Crippen LogP contribution in [0.2, 0.25) is 0 Å². The Kier molecular flexibility index (Phi) is 4.63. The van der Waals surface area contributed by atoms with Crippen LogP contribution in [0.5, 0.6) is 0 Å². The highest BCUT2D eigenvalue weighted by Crippen LogP contribution is 2.29. The summed E-state index contributed by atoms with van der Waals surface area (Å²) in [5, 5.41) is 3.47. The molecule has 1 saturated heterocycles. The minimum absolute atomic E-state index is 0.0942. The molecule has 23 heavy (non-hydrogen) atoms. The zero-order valence-electron chi connectivity index (χ0n) is 13.2. The Morgan fingerprint density at radius 2 is 1.87 bits per heavy atom. The summed E-state index contributed by atoms with van der Waals surface area (Å²) in [5.41, 5.74) is 4.30. The number of carbonyl (C=O) groups excluding carboxylic acids is 1. The first-order chi connectivity index (χ1) is 11.2. The van der Waals surface area contributed by atoms with E-state index in [-0.39, 0.29) is 5.91 Å². The molecule has 1 fully saturated rings. The number of nitrogens with zero attached hydrogens (tertiary/aromatic N) is 1. The standard InChI is InChI=1S/C19H18N2OS/c1-3-15-6-4-5-7-16(15)20-19-21-18(22)17(23-19)12-14-10-8-13(2)9-11-14/h4-12H,3H2,1-2H3,(H,20,21,22). The van der Waals surface area contributed by atoms with Crippen molar-refractivity contribution < 1.29 is 4.79 Å². The molecule has 3 nitrogen and oxygen atoms in total. The third kappa shape index (κ3) is 3.71. The van der Waals surface area contributed by atoms with E-state index in [4.69, 9.17) is 0 Å². The summed E-state index contributed by atoms with van der Waals surface area (Å²) in [6, 6.07) is 16.1. The summed E-state index contributed by atoms with van der Waals surface area (Å²) in [7, 11) is 0. The number of carbonyl (C=O) groups is 1. The third-order valence-corrected chi connectivity index (χ3v) is 4.53. The zero-order chi connectivity index (χ0) is 16.2. The van der Waals surface area contributed by atoms with Crippen molar-refractivity contribution in [2.75, 3.05) is 0 Å². The summed E-state index contributed by atoms with van der Waals surface area (Å²) < 4.78 is 0. The molecule has 2 aromatic carbocycles. The van der Waals surface area contributed by atoms with E-state index in [0.717, 1.165) is 17.7 Å². The number of thioether (sulfide) groups is 1. The summed E-state index contributed by atoms with van der Waals surface area (Å²) in [4.78, 5) is 17.4. The van der Waals surface area contributed by atoms with Crippen LogP contribution in [0, 0.1) is 6.92 Å². The van der Waals surface area contributed by atoms with E-state index in [0.29, 0.717) is 10.1 Å². The van der Waals surface area contributed by atoms with Crippen LogP contribution in [0.1, 0.15) is 23.6 Å². The Morgan fingerprint density at radius 1 is 1.13 bits per heavy atom. The van der Waals surface area contributed by atoms with Gasteiger partial charge in [0.2, 0.25) is 0 Å². The summed E-state index contributed by atoms with van der Waals surface area (Å²) in [5.74, 6) is -0.0942. The summed E-state index contributed by atoms with van der Waals surface area (Å²) in [6.45, 7) is 4.14. The predicted octanol–water partition coefficient (Wildman–Crippen LogP) is 4.45. The first-order valence-electron chi connectivity index (χ1n) is 7.60. The van der Waals surface area contributed by atoms with Gasteiger partial charge in [-0.15, -0.1) is 0 Å². The lowest BCUT2D eigenvalue weighted by Gasteiger charge is -2.02. The molecule has 0 spiro atoms. The average Bonchev–Trinajstić information content (AvgIpc) is 2.89. The Morgan fingerprint density at radius 3 is 2.61 bits per heavy atom. The van der Waals surface area contributed by atoms with Crippen molar-refractivity contribution in [3.8, 4) is 0 Å². The van der Waals surface area contributed by atoms with Crippen molar-refractivity contribution in [2.45, 2.75) is 20.3 Å². The molecule has 1 aliphatic heterocycles. The van der Waals surface area contributed by atoms with Crippen molar-refractivity contribution in [1.29, 1.82) is 0 Å². The molecule has 2 aromatic rings. The van der Waals surface area contributed by atoms with Crippen LogP contribution in [-0.2, 0) is 11.2 Å². The Balaban J connectivity index is 1.84. The summed E-state index contributed by atoms with van der Waals surface area (Å²) >= 11 is 1.38. The van der Waals surface area contributed by atoms with Crippen LogP contribution in [0.4, 0.5) is 5.69 Å². The highest BCUT2D eigenvalue weighted by Gasteiger charge is 2.23. The molecule has 1 N–H and O–H groups in total. The van der Waals surface area contributed by atoms with Gasteiger partial charge in [0.25, 0.3) is 5.91 Å². The van der Waals surface area contributed by atoms with Crippen LogP contribution < -0.4 is 5.32 Å². The average molecular weight is 322 g/mol. The zero-order valence-corrected chi connectivity index (χ0v) is 14.0. The monoisotopic (exact) mass is 322 g/mol. The number of rotatable bonds is 3. The lowest BCUT2D eigenvalue weighted by atomic mass is 10.1. The minimum Gasteiger partial charge on any atom is -0.300 e.